The van der Waals surface area contributed by atoms with E-state index in [1.807, 2.05) is 6.07 Å². The van der Waals surface area contributed by atoms with E-state index in [-0.39, 0.29) is 27.8 Å². The molecule has 2 aromatic carbocycles. The molecule has 10 heteroatoms. The Morgan fingerprint density at radius 2 is 1.86 bits per heavy atom. The van der Waals surface area contributed by atoms with Gasteiger partial charge in [0.1, 0.15) is 11.2 Å². The summed E-state index contributed by atoms with van der Waals surface area (Å²) < 4.78 is 15.9. The Balaban J connectivity index is 1.50. The number of hydrogen-bond donors (Lipinski definition) is 3. The first-order chi connectivity index (χ1) is 19.8. The van der Waals surface area contributed by atoms with Crippen molar-refractivity contribution in [3.05, 3.63) is 63.4 Å². The Morgan fingerprint density at radius 1 is 1.14 bits per heavy atom. The summed E-state index contributed by atoms with van der Waals surface area (Å²) in [4.78, 5) is 33.0. The first kappa shape index (κ1) is 31.2. The van der Waals surface area contributed by atoms with Crippen LogP contribution in [0.5, 0.6) is 0 Å². The fraction of sp³-hybridized carbons (Fsp3) is 0.562. The fourth-order valence-corrected chi connectivity index (χ4v) is 7.46. The summed E-state index contributed by atoms with van der Waals surface area (Å²) >= 11 is 12.6. The number of fused-ring (bicyclic) bond motifs is 2. The monoisotopic (exact) mass is 617 g/mol. The SMILES string of the molecule is CC(C)N1CCN(CCNC(=O)[C@@H]2N[C@H](CC(C)(C)C)[C@]3(C(=O)Nc4cc(Cl)ccc43)[C@H]2c2cccc(Cl)c2F)CC1. The van der Waals surface area contributed by atoms with Gasteiger partial charge in [-0.1, -0.05) is 62.2 Å². The van der Waals surface area contributed by atoms with Crippen LogP contribution in [0.2, 0.25) is 10.0 Å². The second-order valence-corrected chi connectivity index (χ2v) is 14.2. The van der Waals surface area contributed by atoms with Crippen molar-refractivity contribution in [2.24, 2.45) is 5.41 Å². The van der Waals surface area contributed by atoms with Gasteiger partial charge in [0.2, 0.25) is 11.8 Å². The van der Waals surface area contributed by atoms with Crippen LogP contribution in [-0.4, -0.2) is 79.0 Å². The van der Waals surface area contributed by atoms with Crippen molar-refractivity contribution in [1.82, 2.24) is 20.4 Å². The predicted octanol–water partition coefficient (Wildman–Crippen LogP) is 5.03. The number of halogens is 3. The van der Waals surface area contributed by atoms with Crippen LogP contribution in [0.1, 0.15) is 58.1 Å². The Labute approximate surface area is 258 Å². The Kier molecular flexibility index (Phi) is 8.95. The van der Waals surface area contributed by atoms with Crippen LogP contribution in [-0.2, 0) is 15.0 Å². The topological polar surface area (TPSA) is 76.7 Å². The van der Waals surface area contributed by atoms with Crippen LogP contribution < -0.4 is 16.0 Å². The number of benzene rings is 2. The number of piperazine rings is 1. The fourth-order valence-electron chi connectivity index (χ4n) is 7.10. The number of carbonyl (C=O) groups excluding carboxylic acids is 2. The van der Waals surface area contributed by atoms with Gasteiger partial charge in [0.25, 0.3) is 0 Å². The zero-order valence-electron chi connectivity index (χ0n) is 25.1. The van der Waals surface area contributed by atoms with Gasteiger partial charge in [-0.2, -0.15) is 0 Å². The first-order valence-electron chi connectivity index (χ1n) is 14.9. The van der Waals surface area contributed by atoms with Crippen molar-refractivity contribution in [2.45, 2.75) is 70.5 Å². The summed E-state index contributed by atoms with van der Waals surface area (Å²) in [6.07, 6.45) is 0.574. The van der Waals surface area contributed by atoms with Crippen LogP contribution >= 0.6 is 23.2 Å². The maximum Gasteiger partial charge on any atom is 0.237 e. The third-order valence-corrected chi connectivity index (χ3v) is 9.61. The molecule has 0 unspecified atom stereocenters. The summed E-state index contributed by atoms with van der Waals surface area (Å²) in [6, 6.07) is 9.30. The normalized spacial score (nSPS) is 26.6. The molecule has 2 saturated heterocycles. The molecule has 2 aromatic rings. The van der Waals surface area contributed by atoms with Crippen LogP contribution in [0.15, 0.2) is 36.4 Å². The first-order valence-corrected chi connectivity index (χ1v) is 15.6. The molecule has 2 fully saturated rings. The summed E-state index contributed by atoms with van der Waals surface area (Å²) in [7, 11) is 0. The third kappa shape index (κ3) is 5.81. The lowest BCUT2D eigenvalue weighted by molar-refractivity contribution is -0.124. The van der Waals surface area contributed by atoms with Crippen molar-refractivity contribution < 1.29 is 14.0 Å². The molecular formula is C32H42Cl2FN5O2. The summed E-state index contributed by atoms with van der Waals surface area (Å²) in [6.45, 7) is 15.8. The Bertz CT molecular complexity index is 1340. The highest BCUT2D eigenvalue weighted by Gasteiger charge is 2.66. The van der Waals surface area contributed by atoms with Gasteiger partial charge in [-0.25, -0.2) is 4.39 Å². The molecule has 7 nitrogen and oxygen atoms in total. The second-order valence-electron chi connectivity index (χ2n) is 13.4. The van der Waals surface area contributed by atoms with Crippen molar-refractivity contribution >= 4 is 40.7 Å². The Morgan fingerprint density at radius 3 is 2.52 bits per heavy atom. The molecule has 4 atom stereocenters. The quantitative estimate of drug-likeness (QED) is 0.406. The minimum Gasteiger partial charge on any atom is -0.353 e. The maximum atomic E-state index is 15.9. The zero-order valence-corrected chi connectivity index (χ0v) is 26.6. The van der Waals surface area contributed by atoms with E-state index in [1.54, 1.807) is 24.3 Å². The molecule has 2 amide bonds. The molecule has 3 heterocycles. The third-order valence-electron chi connectivity index (χ3n) is 9.09. The van der Waals surface area contributed by atoms with E-state index in [2.05, 4.69) is 60.4 Å². The molecule has 0 aliphatic carbocycles. The van der Waals surface area contributed by atoms with Gasteiger partial charge >= 0.3 is 0 Å². The minimum atomic E-state index is -1.26. The molecule has 0 aromatic heterocycles. The lowest BCUT2D eigenvalue weighted by atomic mass is 9.62. The molecular weight excluding hydrogens is 576 g/mol. The second kappa shape index (κ2) is 12.0. The lowest BCUT2D eigenvalue weighted by Gasteiger charge is -2.38. The summed E-state index contributed by atoms with van der Waals surface area (Å²) in [5, 5.41) is 10.1. The average Bonchev–Trinajstić information content (AvgIpc) is 3.39. The van der Waals surface area contributed by atoms with E-state index in [4.69, 9.17) is 23.2 Å². The number of anilines is 1. The largest absolute Gasteiger partial charge is 0.353 e. The number of carbonyl (C=O) groups is 2. The molecule has 3 N–H and O–H groups in total. The van der Waals surface area contributed by atoms with Crippen molar-refractivity contribution in [3.63, 3.8) is 0 Å². The van der Waals surface area contributed by atoms with Gasteiger partial charge in [-0.05, 0) is 55.0 Å². The maximum absolute atomic E-state index is 15.9. The smallest absolute Gasteiger partial charge is 0.237 e. The van der Waals surface area contributed by atoms with Gasteiger partial charge in [0.15, 0.2) is 0 Å². The van der Waals surface area contributed by atoms with E-state index in [1.165, 1.54) is 6.07 Å². The average molecular weight is 619 g/mol. The zero-order chi connectivity index (χ0) is 30.4. The summed E-state index contributed by atoms with van der Waals surface area (Å²) in [5.41, 5.74) is 0.0903. The van der Waals surface area contributed by atoms with Crippen molar-refractivity contribution in [2.75, 3.05) is 44.6 Å². The molecule has 0 radical (unpaired) electrons. The lowest BCUT2D eigenvalue weighted by Crippen LogP contribution is -2.51. The highest BCUT2D eigenvalue weighted by Crippen LogP contribution is 2.57. The van der Waals surface area contributed by atoms with Crippen molar-refractivity contribution in [1.29, 1.82) is 0 Å². The van der Waals surface area contributed by atoms with Gasteiger partial charge in [0, 0.05) is 68.0 Å². The number of nitrogens with zero attached hydrogens (tertiary/aromatic N) is 2. The molecule has 0 saturated carbocycles. The molecule has 3 aliphatic heterocycles. The van der Waals surface area contributed by atoms with E-state index in [0.717, 1.165) is 32.7 Å². The van der Waals surface area contributed by atoms with E-state index in [0.29, 0.717) is 35.3 Å². The van der Waals surface area contributed by atoms with Crippen LogP contribution in [0.3, 0.4) is 0 Å². The van der Waals surface area contributed by atoms with Gasteiger partial charge in [0.05, 0.1) is 11.1 Å². The molecule has 0 bridgehead atoms. The van der Waals surface area contributed by atoms with Gasteiger partial charge in [-0.3, -0.25) is 19.4 Å². The van der Waals surface area contributed by atoms with Gasteiger partial charge < -0.3 is 16.0 Å². The van der Waals surface area contributed by atoms with Crippen molar-refractivity contribution in [3.8, 4) is 0 Å². The van der Waals surface area contributed by atoms with Crippen LogP contribution in [0.4, 0.5) is 10.1 Å². The predicted molar refractivity (Wildman–Crippen MR) is 167 cm³/mol. The molecule has 3 aliphatic rings. The number of hydrogen-bond acceptors (Lipinski definition) is 5. The van der Waals surface area contributed by atoms with Gasteiger partial charge in [-0.15, -0.1) is 0 Å². The molecule has 5 rings (SSSR count). The van der Waals surface area contributed by atoms with Crippen LogP contribution in [0.25, 0.3) is 0 Å². The highest BCUT2D eigenvalue weighted by atomic mass is 35.5. The number of rotatable bonds is 7. The number of nitrogens with one attached hydrogen (secondary N) is 3. The standard InChI is InChI=1S/C32H42Cl2FN5O2/c1-19(2)40-15-13-39(14-16-40)12-11-36-29(41)28-26(21-7-6-8-23(34)27(21)35)32(25(38-28)18-31(3,4)5)22-10-9-20(33)17-24(22)37-30(32)42/h6-10,17,19,25-26,28,38H,11-16,18H2,1-5H3,(H,36,41)(H,37,42)/t25-,26+,28-,32+/m1/s1. The van der Waals surface area contributed by atoms with Crippen LogP contribution in [0, 0.1) is 11.2 Å². The highest BCUT2D eigenvalue weighted by molar-refractivity contribution is 6.31. The summed E-state index contributed by atoms with van der Waals surface area (Å²) in [5.74, 6) is -1.99. The van der Waals surface area contributed by atoms with E-state index in [9.17, 15) is 9.59 Å². The minimum absolute atomic E-state index is 0.0450. The van der Waals surface area contributed by atoms with E-state index >= 15 is 4.39 Å². The molecule has 228 valence electrons. The molecule has 42 heavy (non-hydrogen) atoms. The number of amides is 2. The Hall–Kier alpha value is -2.23. The van der Waals surface area contributed by atoms with E-state index < -0.39 is 29.2 Å². The molecule has 1 spiro atoms.